The fourth-order valence-electron chi connectivity index (χ4n) is 3.20. The number of hydrogen-bond donors (Lipinski definition) is 1. The van der Waals surface area contributed by atoms with Crippen molar-refractivity contribution in [2.45, 2.75) is 26.3 Å². The molecule has 34 heavy (non-hydrogen) atoms. The average Bonchev–Trinajstić information content (AvgIpc) is 2.77. The number of H-pyrrole nitrogens is 1. The van der Waals surface area contributed by atoms with Crippen molar-refractivity contribution in [1.29, 1.82) is 0 Å². The molecule has 0 saturated heterocycles. The summed E-state index contributed by atoms with van der Waals surface area (Å²) < 4.78 is 76.1. The van der Waals surface area contributed by atoms with Crippen molar-refractivity contribution in [3.8, 4) is 17.2 Å². The summed E-state index contributed by atoms with van der Waals surface area (Å²) in [5.74, 6) is -0.0952. The quantitative estimate of drug-likeness (QED) is 0.333. The minimum atomic E-state index is -4.85. The lowest BCUT2D eigenvalue weighted by Gasteiger charge is -2.20. The highest BCUT2D eigenvalue weighted by Gasteiger charge is 2.36. The second kappa shape index (κ2) is 10.0. The molecule has 0 spiro atoms. The molecule has 1 heterocycles. The Labute approximate surface area is 191 Å². The highest BCUT2D eigenvalue weighted by molar-refractivity contribution is 7.52. The maximum absolute atomic E-state index is 13.8. The van der Waals surface area contributed by atoms with Gasteiger partial charge in [-0.2, -0.15) is 13.2 Å². The number of ether oxygens (including phenoxy) is 2. The molecule has 0 aliphatic heterocycles. The van der Waals surface area contributed by atoms with E-state index in [1.807, 2.05) is 0 Å². The van der Waals surface area contributed by atoms with Crippen LogP contribution in [0, 0.1) is 0 Å². The molecule has 3 aromatic rings. The third-order valence-corrected chi connectivity index (χ3v) is 6.57. The van der Waals surface area contributed by atoms with E-state index in [1.54, 1.807) is 13.8 Å². The monoisotopic (exact) mass is 502 g/mol. The number of methoxy groups -OCH3 is 1. The van der Waals surface area contributed by atoms with Crippen LogP contribution in [0.2, 0.25) is 0 Å². The molecule has 1 N–H and O–H groups in total. The molecule has 0 bridgehead atoms. The van der Waals surface area contributed by atoms with Gasteiger partial charge >= 0.3 is 24.9 Å². The van der Waals surface area contributed by atoms with Crippen LogP contribution in [0.1, 0.15) is 19.4 Å². The van der Waals surface area contributed by atoms with Gasteiger partial charge in [-0.3, -0.25) is 18.7 Å². The van der Waals surface area contributed by atoms with Crippen molar-refractivity contribution < 1.29 is 36.3 Å². The third kappa shape index (κ3) is 5.52. The van der Waals surface area contributed by atoms with E-state index in [0.717, 1.165) is 10.6 Å². The van der Waals surface area contributed by atoms with E-state index in [9.17, 15) is 27.3 Å². The maximum atomic E-state index is 13.8. The van der Waals surface area contributed by atoms with Crippen molar-refractivity contribution >= 4 is 18.6 Å². The molecule has 0 radical (unpaired) electrons. The smallest absolute Gasteiger partial charge is 0.420 e. The zero-order valence-electron chi connectivity index (χ0n) is 18.5. The number of rotatable bonds is 9. The molecule has 0 unspecified atom stereocenters. The summed E-state index contributed by atoms with van der Waals surface area (Å²) in [4.78, 5) is 26.9. The van der Waals surface area contributed by atoms with Crippen LogP contribution in [-0.4, -0.2) is 29.9 Å². The summed E-state index contributed by atoms with van der Waals surface area (Å²) in [5.41, 5.74) is -3.97. The number of hydrogen-bond acceptors (Lipinski definition) is 7. The largest absolute Gasteiger partial charge is 0.497 e. The van der Waals surface area contributed by atoms with Gasteiger partial charge in [-0.15, -0.1) is 0 Å². The first-order valence-electron chi connectivity index (χ1n) is 10.1. The van der Waals surface area contributed by atoms with Crippen LogP contribution in [0.25, 0.3) is 11.0 Å². The van der Waals surface area contributed by atoms with E-state index in [0.29, 0.717) is 11.8 Å². The number of nitrogens with zero attached hydrogens (tertiary/aromatic N) is 1. The van der Waals surface area contributed by atoms with E-state index in [1.165, 1.54) is 31.4 Å². The Balaban J connectivity index is 2.24. The fourth-order valence-corrected chi connectivity index (χ4v) is 4.85. The minimum absolute atomic E-state index is 0.0167. The number of alkyl halides is 3. The summed E-state index contributed by atoms with van der Waals surface area (Å²) in [6.45, 7) is 3.08. The number of aromatic amines is 1. The Kier molecular flexibility index (Phi) is 7.54. The number of nitrogens with one attached hydrogen (secondary N) is 1. The van der Waals surface area contributed by atoms with Crippen LogP contribution in [0.15, 0.2) is 46.0 Å². The molecule has 1 aromatic heterocycles. The van der Waals surface area contributed by atoms with Crippen LogP contribution in [0.4, 0.5) is 13.2 Å². The lowest BCUT2D eigenvalue weighted by Crippen LogP contribution is -2.36. The molecule has 184 valence electrons. The number of aromatic nitrogens is 2. The summed E-state index contributed by atoms with van der Waals surface area (Å²) in [7, 11) is -2.46. The molecule has 0 amide bonds. The van der Waals surface area contributed by atoms with Gasteiger partial charge in [0.05, 0.1) is 31.4 Å². The molecule has 13 heteroatoms. The summed E-state index contributed by atoms with van der Waals surface area (Å²) in [6.07, 6.45) is -5.53. The van der Waals surface area contributed by atoms with Crippen molar-refractivity contribution in [2.24, 2.45) is 0 Å². The topological polar surface area (TPSA) is 109 Å². The molecule has 0 atom stereocenters. The Morgan fingerprint density at radius 2 is 1.59 bits per heavy atom. The fraction of sp³-hybridized carbons (Fsp3) is 0.333. The van der Waals surface area contributed by atoms with Crippen LogP contribution >= 0.6 is 7.60 Å². The second-order valence-electron chi connectivity index (χ2n) is 6.92. The van der Waals surface area contributed by atoms with E-state index in [4.69, 9.17) is 18.5 Å². The van der Waals surface area contributed by atoms with Crippen molar-refractivity contribution in [3.05, 3.63) is 62.7 Å². The van der Waals surface area contributed by atoms with Gasteiger partial charge in [0.2, 0.25) is 0 Å². The van der Waals surface area contributed by atoms with Gasteiger partial charge in [-0.05, 0) is 44.2 Å². The number of halogens is 3. The maximum Gasteiger partial charge on any atom is 0.420 e. The van der Waals surface area contributed by atoms with Gasteiger partial charge in [0.1, 0.15) is 29.1 Å². The first-order chi connectivity index (χ1) is 16.0. The van der Waals surface area contributed by atoms with Gasteiger partial charge < -0.3 is 23.5 Å². The van der Waals surface area contributed by atoms with Gasteiger partial charge in [-0.1, -0.05) is 0 Å². The molecule has 0 saturated carbocycles. The molecule has 3 rings (SSSR count). The normalized spacial score (nSPS) is 12.2. The Hall–Kier alpha value is -3.08. The van der Waals surface area contributed by atoms with Gasteiger partial charge in [0.15, 0.2) is 0 Å². The Morgan fingerprint density at radius 1 is 1.00 bits per heavy atom. The van der Waals surface area contributed by atoms with Crippen LogP contribution in [0.5, 0.6) is 17.2 Å². The molecule has 0 aliphatic carbocycles. The van der Waals surface area contributed by atoms with Gasteiger partial charge in [-0.25, -0.2) is 0 Å². The molecular weight excluding hydrogens is 480 g/mol. The van der Waals surface area contributed by atoms with Crippen LogP contribution in [0.3, 0.4) is 0 Å². The molecule has 2 aromatic carbocycles. The molecule has 0 aliphatic rings. The van der Waals surface area contributed by atoms with Crippen molar-refractivity contribution in [2.75, 3.05) is 20.3 Å². The van der Waals surface area contributed by atoms with Crippen molar-refractivity contribution in [1.82, 2.24) is 9.55 Å². The Morgan fingerprint density at radius 3 is 2.12 bits per heavy atom. The lowest BCUT2D eigenvalue weighted by molar-refractivity contribution is -0.138. The first-order valence-corrected chi connectivity index (χ1v) is 11.8. The van der Waals surface area contributed by atoms with E-state index in [2.05, 4.69) is 4.98 Å². The summed E-state index contributed by atoms with van der Waals surface area (Å²) >= 11 is 0. The predicted octanol–water partition coefficient (Wildman–Crippen LogP) is 4.73. The summed E-state index contributed by atoms with van der Waals surface area (Å²) in [5, 5.41) is 0. The van der Waals surface area contributed by atoms with E-state index in [-0.39, 0.29) is 30.0 Å². The molecular formula is C21H22F3N2O7P. The average molecular weight is 502 g/mol. The molecule has 0 fully saturated rings. The summed E-state index contributed by atoms with van der Waals surface area (Å²) in [6, 6.07) is 7.40. The van der Waals surface area contributed by atoms with Crippen molar-refractivity contribution in [3.63, 3.8) is 0 Å². The predicted molar refractivity (Wildman–Crippen MR) is 118 cm³/mol. The minimum Gasteiger partial charge on any atom is -0.497 e. The third-order valence-electron chi connectivity index (χ3n) is 4.64. The number of benzene rings is 2. The molecule has 9 nitrogen and oxygen atoms in total. The van der Waals surface area contributed by atoms with E-state index >= 15 is 0 Å². The second-order valence-corrected chi connectivity index (χ2v) is 8.94. The van der Waals surface area contributed by atoms with Gasteiger partial charge in [0, 0.05) is 6.07 Å². The number of fused-ring (bicyclic) bond motifs is 1. The zero-order valence-corrected chi connectivity index (χ0v) is 19.4. The highest BCUT2D eigenvalue weighted by atomic mass is 31.2. The first kappa shape index (κ1) is 25.5. The zero-order chi connectivity index (χ0) is 25.1. The Bertz CT molecular complexity index is 1320. The standard InChI is InChI=1S/C21H22F3N2O7P/c1-4-31-34(29,32-5-2)12-26-17-11-18(33-14-8-6-13(30-3)7-9-14)15(21(22,23)24)10-16(17)25-19(27)20(26)28/h6-11H,4-5,12H2,1-3H3,(H,25,27). The van der Waals surface area contributed by atoms with Crippen LogP contribution < -0.4 is 20.6 Å². The highest BCUT2D eigenvalue weighted by Crippen LogP contribution is 2.50. The van der Waals surface area contributed by atoms with E-state index < -0.39 is 42.5 Å². The van der Waals surface area contributed by atoms with Gasteiger partial charge in [0.25, 0.3) is 0 Å². The SMILES string of the molecule is CCOP(=O)(Cn1c(=O)c(=O)[nH]c2cc(C(F)(F)F)c(Oc3ccc(OC)cc3)cc21)OCC. The lowest BCUT2D eigenvalue weighted by atomic mass is 10.1. The van der Waals surface area contributed by atoms with Crippen LogP contribution in [-0.2, 0) is 26.1 Å².